The smallest absolute Gasteiger partial charge is 0.216 e. The van der Waals surface area contributed by atoms with Gasteiger partial charge in [-0.25, -0.2) is 9.97 Å². The summed E-state index contributed by atoms with van der Waals surface area (Å²) in [5.74, 6) is 0.792. The van der Waals surface area contributed by atoms with Gasteiger partial charge in [0.2, 0.25) is 11.4 Å². The summed E-state index contributed by atoms with van der Waals surface area (Å²) in [6, 6.07) is 24.5. The van der Waals surface area contributed by atoms with Gasteiger partial charge in [-0.05, 0) is 87.0 Å². The Morgan fingerprint density at radius 3 is 2.03 bits per heavy atom. The summed E-state index contributed by atoms with van der Waals surface area (Å²) in [5, 5.41) is 13.1. The number of aliphatic hydroxyl groups excluding tert-OH is 1. The summed E-state index contributed by atoms with van der Waals surface area (Å²) in [5.41, 5.74) is 5.46. The van der Waals surface area contributed by atoms with Gasteiger partial charge in [0, 0.05) is 80.6 Å². The number of aliphatic hydroxyl groups is 1. The standard InChI is InChI=1S/C22H19N2O.C16H13N2O.C13H24O2.Ir/c1-14-9-10-18-17-7-4-8-19(21(17)25-22(18)24-14)20-13-16(11-12-23-20)15-5-2-3-6-15;1-4-14(17-3)13-7-5-6-11-12-9-8-10(2)18-16(12)19-15(11)13;1-7-12(3,4)10(14)9-11(15)13(5,6)8-2;/h4,7,9-13,15H,2-3,5-6H2,1H3;4-6,8-9H,1H2,2-3H3;9,14H,7-8H2,1-6H3;/q2*-1;;/b;;10-9-;/i1D3;2D3;;. The Hall–Kier alpha value is -5.24. The van der Waals surface area contributed by atoms with E-state index in [9.17, 15) is 9.90 Å². The third kappa shape index (κ3) is 9.86. The van der Waals surface area contributed by atoms with Gasteiger partial charge in [-0.2, -0.15) is 0 Å². The average molecular weight is 987 g/mol. The fourth-order valence-corrected chi connectivity index (χ4v) is 6.90. The molecule has 0 bridgehead atoms. The van der Waals surface area contributed by atoms with Crippen LogP contribution in [0.25, 0.3) is 55.4 Å². The number of aryl methyl sites for hydroxylation is 2. The molecule has 0 amide bonds. The SMILES string of the molecule is CCC(C)(C)C(=O)/C=C(\O)C(C)(C)CC.[2H]C([2H])([2H])c1ccc2c(n1)oc1c(-c3cc(C4CCCC4)ccn3)[c-]ccc12.[2H]C([2H])([2H])c1ccc2c(n1)oc1c(C(C=C)=NC)[c-]ccc12.[Ir]. The van der Waals surface area contributed by atoms with Gasteiger partial charge >= 0.3 is 0 Å². The number of benzene rings is 2. The average Bonchev–Trinajstić information content (AvgIpc) is 4.05. The molecule has 8 nitrogen and oxygen atoms in total. The van der Waals surface area contributed by atoms with E-state index >= 15 is 0 Å². The third-order valence-electron chi connectivity index (χ3n) is 11.6. The number of allylic oxidation sites excluding steroid dienone is 3. The van der Waals surface area contributed by atoms with Crippen molar-refractivity contribution in [1.29, 1.82) is 0 Å². The molecule has 5 heterocycles. The Balaban J connectivity index is 0.000000194. The summed E-state index contributed by atoms with van der Waals surface area (Å²) < 4.78 is 56.9. The predicted molar refractivity (Wildman–Crippen MR) is 241 cm³/mol. The molecule has 315 valence electrons. The number of carbonyl (C=O) groups excluding carboxylic acids is 1. The van der Waals surface area contributed by atoms with E-state index in [0.717, 1.165) is 45.6 Å². The first-order valence-corrected chi connectivity index (χ1v) is 20.1. The molecule has 5 aromatic heterocycles. The minimum absolute atomic E-state index is 0. The Morgan fingerprint density at radius 2 is 1.47 bits per heavy atom. The minimum atomic E-state index is -2.26. The number of aliphatic imine (C=N–C) groups is 1. The summed E-state index contributed by atoms with van der Waals surface area (Å²) >= 11 is 0. The zero-order valence-electron chi connectivity index (χ0n) is 41.3. The van der Waals surface area contributed by atoms with E-state index in [1.165, 1.54) is 43.4 Å². The molecule has 1 aliphatic carbocycles. The number of pyridine rings is 3. The van der Waals surface area contributed by atoms with Crippen molar-refractivity contribution < 1.29 is 47.1 Å². The predicted octanol–water partition coefficient (Wildman–Crippen LogP) is 13.4. The van der Waals surface area contributed by atoms with Crippen LogP contribution >= 0.6 is 0 Å². The molecule has 9 heteroatoms. The molecule has 0 aliphatic heterocycles. The second kappa shape index (κ2) is 19.4. The Kier molecular flexibility index (Phi) is 12.2. The maximum Gasteiger partial charge on any atom is 0.216 e. The van der Waals surface area contributed by atoms with Crippen LogP contribution in [0.15, 0.2) is 105 Å². The molecule has 1 N–H and O–H groups in total. The van der Waals surface area contributed by atoms with Gasteiger partial charge in [0.05, 0.1) is 11.2 Å². The van der Waals surface area contributed by atoms with E-state index in [-0.39, 0.29) is 53.9 Å². The number of hydrogen-bond acceptors (Lipinski definition) is 8. The van der Waals surface area contributed by atoms with Gasteiger partial charge in [-0.1, -0.05) is 94.0 Å². The van der Waals surface area contributed by atoms with E-state index < -0.39 is 13.7 Å². The molecular formula is C51H56IrN4O4-2. The van der Waals surface area contributed by atoms with Crippen LogP contribution in [0.5, 0.6) is 0 Å². The van der Waals surface area contributed by atoms with Crippen LogP contribution in [-0.4, -0.2) is 38.6 Å². The van der Waals surface area contributed by atoms with Crippen molar-refractivity contribution in [1.82, 2.24) is 15.0 Å². The van der Waals surface area contributed by atoms with Crippen molar-refractivity contribution in [3.63, 3.8) is 0 Å². The van der Waals surface area contributed by atoms with Crippen LogP contribution in [0, 0.1) is 36.7 Å². The quantitative estimate of drug-likeness (QED) is 0.0663. The number of hydrogen-bond donors (Lipinski definition) is 1. The third-order valence-corrected chi connectivity index (χ3v) is 11.6. The Labute approximate surface area is 376 Å². The molecule has 0 saturated heterocycles. The number of carbonyl (C=O) groups is 1. The number of nitrogens with zero attached hydrogens (tertiary/aromatic N) is 4. The molecule has 1 saturated carbocycles. The molecular weight excluding hydrogens is 925 g/mol. The minimum Gasteiger partial charge on any atom is -0.512 e. The summed E-state index contributed by atoms with van der Waals surface area (Å²) in [6.07, 6.45) is 11.5. The van der Waals surface area contributed by atoms with Gasteiger partial charge in [0.1, 0.15) is 5.76 Å². The molecule has 1 aliphatic rings. The van der Waals surface area contributed by atoms with Crippen molar-refractivity contribution in [2.45, 2.75) is 99.7 Å². The molecule has 2 aromatic carbocycles. The zero-order chi connectivity index (χ0) is 47.5. The van der Waals surface area contributed by atoms with Gasteiger partial charge in [-0.3, -0.25) is 4.79 Å². The molecule has 1 radical (unpaired) electrons. The fraction of sp³-hybridized carbons (Fsp3) is 0.353. The van der Waals surface area contributed by atoms with Crippen LogP contribution < -0.4 is 0 Å². The zero-order valence-corrected chi connectivity index (χ0v) is 37.7. The van der Waals surface area contributed by atoms with Crippen molar-refractivity contribution in [3.8, 4) is 11.3 Å². The van der Waals surface area contributed by atoms with Crippen molar-refractivity contribution >= 4 is 55.6 Å². The van der Waals surface area contributed by atoms with Gasteiger partial charge in [0.15, 0.2) is 5.78 Å². The monoisotopic (exact) mass is 987 g/mol. The molecule has 7 aromatic rings. The first-order valence-electron chi connectivity index (χ1n) is 23.1. The second-order valence-electron chi connectivity index (χ2n) is 16.1. The molecule has 0 atom stereocenters. The molecule has 1 fully saturated rings. The normalized spacial score (nSPS) is 15.7. The molecule has 60 heavy (non-hydrogen) atoms. The molecule has 0 spiro atoms. The fourth-order valence-electron chi connectivity index (χ4n) is 6.90. The van der Waals surface area contributed by atoms with E-state index in [0.29, 0.717) is 39.8 Å². The van der Waals surface area contributed by atoms with E-state index in [2.05, 4.69) is 50.8 Å². The van der Waals surface area contributed by atoms with Gasteiger partial charge < -0.3 is 23.9 Å². The van der Waals surface area contributed by atoms with Gasteiger partial charge in [-0.15, -0.1) is 43.0 Å². The summed E-state index contributed by atoms with van der Waals surface area (Å²) in [4.78, 5) is 28.9. The van der Waals surface area contributed by atoms with Crippen LogP contribution in [0.4, 0.5) is 0 Å². The van der Waals surface area contributed by atoms with Crippen LogP contribution in [-0.2, 0) is 24.9 Å². The van der Waals surface area contributed by atoms with Crippen molar-refractivity contribution in [2.75, 3.05) is 7.05 Å². The topological polar surface area (TPSA) is 115 Å². The van der Waals surface area contributed by atoms with E-state index in [1.807, 2.05) is 65.9 Å². The Bertz CT molecular complexity index is 2920. The number of ketones is 1. The molecule has 8 rings (SSSR count). The van der Waals surface area contributed by atoms with Crippen molar-refractivity contribution in [2.24, 2.45) is 15.8 Å². The maximum absolute atomic E-state index is 11.8. The first kappa shape index (κ1) is 37.7. The number of rotatable bonds is 9. The summed E-state index contributed by atoms with van der Waals surface area (Å²) in [7, 11) is 1.66. The van der Waals surface area contributed by atoms with Crippen molar-refractivity contribution in [3.05, 3.63) is 126 Å². The molecule has 0 unspecified atom stereocenters. The number of furan rings is 2. The summed E-state index contributed by atoms with van der Waals surface area (Å²) in [6.45, 7) is 10.9. The van der Waals surface area contributed by atoms with Gasteiger partial charge in [0.25, 0.3) is 0 Å². The van der Waals surface area contributed by atoms with E-state index in [1.54, 1.807) is 37.4 Å². The largest absolute Gasteiger partial charge is 0.512 e. The van der Waals surface area contributed by atoms with Crippen LogP contribution in [0.3, 0.4) is 0 Å². The first-order chi connectivity index (χ1) is 30.6. The second-order valence-corrected chi connectivity index (χ2v) is 16.1. The van der Waals surface area contributed by atoms with Crippen LogP contribution in [0.2, 0.25) is 0 Å². The number of aromatic nitrogens is 3. The van der Waals surface area contributed by atoms with Crippen LogP contribution in [0.1, 0.15) is 117 Å². The number of fused-ring (bicyclic) bond motifs is 6. The van der Waals surface area contributed by atoms with E-state index in [4.69, 9.17) is 17.1 Å². The Morgan fingerprint density at radius 1 is 0.883 bits per heavy atom. The maximum atomic E-state index is 11.8.